The summed E-state index contributed by atoms with van der Waals surface area (Å²) in [4.78, 5) is 16.6. The van der Waals surface area contributed by atoms with Crippen LogP contribution in [0.2, 0.25) is 0 Å². The fourth-order valence-corrected chi connectivity index (χ4v) is 2.91. The van der Waals surface area contributed by atoms with Gasteiger partial charge in [0.1, 0.15) is 0 Å². The lowest BCUT2D eigenvalue weighted by Gasteiger charge is -2.26. The quantitative estimate of drug-likeness (QED) is 0.850. The molecule has 2 aromatic rings. The van der Waals surface area contributed by atoms with E-state index in [9.17, 15) is 4.79 Å². The maximum absolute atomic E-state index is 12.5. The molecular weight excluding hydrogens is 300 g/mol. The van der Waals surface area contributed by atoms with Crippen LogP contribution in [0.5, 0.6) is 0 Å². The lowest BCUT2D eigenvalue weighted by Crippen LogP contribution is -2.47. The highest BCUT2D eigenvalue weighted by atomic mass is 16.5. The summed E-state index contributed by atoms with van der Waals surface area (Å²) >= 11 is 0. The van der Waals surface area contributed by atoms with Crippen LogP contribution in [0.15, 0.2) is 54.9 Å². The van der Waals surface area contributed by atoms with Gasteiger partial charge in [0.15, 0.2) is 0 Å². The normalized spacial score (nSPS) is 19.8. The number of nitrogens with one attached hydrogen (secondary N) is 1. The molecule has 1 aromatic heterocycles. The minimum atomic E-state index is -0.381. The molecule has 1 aliphatic carbocycles. The van der Waals surface area contributed by atoms with Crippen molar-refractivity contribution in [1.82, 2.24) is 10.3 Å². The highest BCUT2D eigenvalue weighted by Crippen LogP contribution is 2.47. The van der Waals surface area contributed by atoms with Crippen LogP contribution in [-0.2, 0) is 16.1 Å². The Morgan fingerprint density at radius 2 is 2.04 bits per heavy atom. The van der Waals surface area contributed by atoms with Gasteiger partial charge in [-0.15, -0.1) is 0 Å². The van der Waals surface area contributed by atoms with Gasteiger partial charge >= 0.3 is 0 Å². The minimum Gasteiger partial charge on any atom is -0.374 e. The standard InChI is InChI=1S/C20H24N2O2/c1-20(2,14-24-13-15-7-4-3-5-8-15)22-19(23)18-11-17(18)16-9-6-10-21-12-16/h3-10,12,17-18H,11,13-14H2,1-2H3,(H,22,23)/t17-,18-/m0/s1. The fraction of sp³-hybridized carbons (Fsp3) is 0.400. The lowest BCUT2D eigenvalue weighted by atomic mass is 10.1. The molecule has 2 atom stereocenters. The monoisotopic (exact) mass is 324 g/mol. The van der Waals surface area contributed by atoms with Gasteiger partial charge in [0.2, 0.25) is 5.91 Å². The largest absolute Gasteiger partial charge is 0.374 e. The van der Waals surface area contributed by atoms with E-state index in [1.165, 1.54) is 0 Å². The topological polar surface area (TPSA) is 51.2 Å². The molecule has 0 aliphatic heterocycles. The van der Waals surface area contributed by atoms with Crippen LogP contribution < -0.4 is 5.32 Å². The highest BCUT2D eigenvalue weighted by Gasteiger charge is 2.45. The van der Waals surface area contributed by atoms with E-state index in [2.05, 4.69) is 10.3 Å². The second-order valence-corrected chi connectivity index (χ2v) is 7.09. The number of hydrogen-bond acceptors (Lipinski definition) is 3. The average Bonchev–Trinajstić information content (AvgIpc) is 3.37. The van der Waals surface area contributed by atoms with Crippen molar-refractivity contribution in [2.45, 2.75) is 38.3 Å². The van der Waals surface area contributed by atoms with Gasteiger partial charge < -0.3 is 10.1 Å². The van der Waals surface area contributed by atoms with E-state index in [0.717, 1.165) is 17.5 Å². The van der Waals surface area contributed by atoms with Crippen molar-refractivity contribution >= 4 is 5.91 Å². The Kier molecular flexibility index (Phi) is 4.95. The lowest BCUT2D eigenvalue weighted by molar-refractivity contribution is -0.124. The van der Waals surface area contributed by atoms with Crippen molar-refractivity contribution < 1.29 is 9.53 Å². The maximum Gasteiger partial charge on any atom is 0.224 e. The number of pyridine rings is 1. The van der Waals surface area contributed by atoms with Gasteiger partial charge in [0.05, 0.1) is 18.8 Å². The summed E-state index contributed by atoms with van der Waals surface area (Å²) in [6, 6.07) is 14.0. The maximum atomic E-state index is 12.5. The van der Waals surface area contributed by atoms with E-state index < -0.39 is 0 Å². The molecule has 1 aliphatic rings. The van der Waals surface area contributed by atoms with E-state index in [1.54, 1.807) is 6.20 Å². The molecule has 1 heterocycles. The summed E-state index contributed by atoms with van der Waals surface area (Å²) in [6.45, 7) is 5.04. The molecule has 0 spiro atoms. The molecule has 0 radical (unpaired) electrons. The molecule has 1 amide bonds. The number of hydrogen-bond donors (Lipinski definition) is 1. The Labute approximate surface area is 143 Å². The van der Waals surface area contributed by atoms with Crippen LogP contribution in [0.4, 0.5) is 0 Å². The zero-order valence-electron chi connectivity index (χ0n) is 14.2. The zero-order valence-corrected chi connectivity index (χ0v) is 14.2. The van der Waals surface area contributed by atoms with E-state index in [1.807, 2.05) is 62.5 Å². The molecule has 4 nitrogen and oxygen atoms in total. The number of aromatic nitrogens is 1. The molecule has 3 rings (SSSR count). The Hall–Kier alpha value is -2.20. The summed E-state index contributed by atoms with van der Waals surface area (Å²) in [5, 5.41) is 3.12. The molecule has 4 heteroatoms. The van der Waals surface area contributed by atoms with Gasteiger partial charge in [-0.25, -0.2) is 0 Å². The van der Waals surface area contributed by atoms with Crippen molar-refractivity contribution in [3.63, 3.8) is 0 Å². The van der Waals surface area contributed by atoms with Crippen LogP contribution >= 0.6 is 0 Å². The third kappa shape index (κ3) is 4.42. The number of amides is 1. The Balaban J connectivity index is 1.45. The van der Waals surface area contributed by atoms with Crippen LogP contribution in [0.1, 0.15) is 37.3 Å². The van der Waals surface area contributed by atoms with Gasteiger partial charge in [0, 0.05) is 18.3 Å². The first-order valence-electron chi connectivity index (χ1n) is 8.39. The Morgan fingerprint density at radius 3 is 2.75 bits per heavy atom. The van der Waals surface area contributed by atoms with E-state index in [4.69, 9.17) is 4.74 Å². The molecule has 24 heavy (non-hydrogen) atoms. The van der Waals surface area contributed by atoms with Crippen molar-refractivity contribution in [3.8, 4) is 0 Å². The molecule has 1 fully saturated rings. The number of carbonyl (C=O) groups excluding carboxylic acids is 1. The summed E-state index contributed by atoms with van der Waals surface area (Å²) < 4.78 is 5.77. The fourth-order valence-electron chi connectivity index (χ4n) is 2.91. The molecule has 0 saturated heterocycles. The Morgan fingerprint density at radius 1 is 1.25 bits per heavy atom. The first kappa shape index (κ1) is 16.7. The van der Waals surface area contributed by atoms with Crippen molar-refractivity contribution in [2.24, 2.45) is 5.92 Å². The summed E-state index contributed by atoms with van der Waals surface area (Å²) in [7, 11) is 0. The second-order valence-electron chi connectivity index (χ2n) is 7.09. The number of rotatable bonds is 7. The molecule has 126 valence electrons. The van der Waals surface area contributed by atoms with E-state index >= 15 is 0 Å². The first-order valence-corrected chi connectivity index (χ1v) is 8.39. The number of benzene rings is 1. The van der Waals surface area contributed by atoms with E-state index in [0.29, 0.717) is 19.1 Å². The van der Waals surface area contributed by atoms with Crippen LogP contribution in [0, 0.1) is 5.92 Å². The van der Waals surface area contributed by atoms with Gasteiger partial charge in [-0.2, -0.15) is 0 Å². The second kappa shape index (κ2) is 7.14. The van der Waals surface area contributed by atoms with Gasteiger partial charge in [-0.05, 0) is 43.4 Å². The van der Waals surface area contributed by atoms with Gasteiger partial charge in [0.25, 0.3) is 0 Å². The SMILES string of the molecule is CC(C)(COCc1ccccc1)NC(=O)[C@H]1C[C@H]1c1cccnc1. The minimum absolute atomic E-state index is 0.0580. The summed E-state index contributed by atoms with van der Waals surface area (Å²) in [6.07, 6.45) is 4.51. The number of ether oxygens (including phenoxy) is 1. The molecular formula is C20H24N2O2. The van der Waals surface area contributed by atoms with Crippen molar-refractivity contribution in [3.05, 3.63) is 66.0 Å². The van der Waals surface area contributed by atoms with Gasteiger partial charge in [-0.1, -0.05) is 36.4 Å². The zero-order chi connectivity index (χ0) is 17.0. The number of carbonyl (C=O) groups is 1. The molecule has 1 saturated carbocycles. The summed E-state index contributed by atoms with van der Waals surface area (Å²) in [5.74, 6) is 0.472. The third-order valence-electron chi connectivity index (χ3n) is 4.28. The van der Waals surface area contributed by atoms with Crippen LogP contribution in [0.25, 0.3) is 0 Å². The number of nitrogens with zero attached hydrogens (tertiary/aromatic N) is 1. The Bertz CT molecular complexity index is 671. The highest BCUT2D eigenvalue weighted by molar-refractivity contribution is 5.83. The van der Waals surface area contributed by atoms with Gasteiger partial charge in [-0.3, -0.25) is 9.78 Å². The molecule has 0 unspecified atom stereocenters. The third-order valence-corrected chi connectivity index (χ3v) is 4.28. The predicted molar refractivity (Wildman–Crippen MR) is 93.4 cm³/mol. The smallest absolute Gasteiger partial charge is 0.224 e. The first-order chi connectivity index (χ1) is 11.6. The molecule has 1 aromatic carbocycles. The average molecular weight is 324 g/mol. The molecule has 0 bridgehead atoms. The predicted octanol–water partition coefficient (Wildman–Crippen LogP) is 3.30. The van der Waals surface area contributed by atoms with Crippen LogP contribution in [0.3, 0.4) is 0 Å². The van der Waals surface area contributed by atoms with Crippen molar-refractivity contribution in [2.75, 3.05) is 6.61 Å². The summed E-state index contributed by atoms with van der Waals surface area (Å²) in [5.41, 5.74) is 1.91. The molecule has 1 N–H and O–H groups in total. The van der Waals surface area contributed by atoms with Crippen molar-refractivity contribution in [1.29, 1.82) is 0 Å². The van der Waals surface area contributed by atoms with Crippen LogP contribution in [-0.4, -0.2) is 23.0 Å². The van der Waals surface area contributed by atoms with E-state index in [-0.39, 0.29) is 17.4 Å².